The van der Waals surface area contributed by atoms with Crippen molar-refractivity contribution in [2.45, 2.75) is 19.5 Å². The number of non-ortho nitro benzene ring substituents is 1. The Morgan fingerprint density at radius 3 is 2.62 bits per heavy atom. The van der Waals surface area contributed by atoms with Crippen LogP contribution in [0.2, 0.25) is 0 Å². The Bertz CT molecular complexity index is 662. The number of benzene rings is 2. The van der Waals surface area contributed by atoms with Crippen LogP contribution in [-0.2, 0) is 6.54 Å². The Kier molecular flexibility index (Phi) is 5.50. The first kappa shape index (κ1) is 16.1. The van der Waals surface area contributed by atoms with Gasteiger partial charge in [0, 0.05) is 33.7 Å². The lowest BCUT2D eigenvalue weighted by atomic mass is 10.1. The van der Waals surface area contributed by atoms with Crippen LogP contribution in [0.1, 0.15) is 24.1 Å². The second kappa shape index (κ2) is 7.15. The van der Waals surface area contributed by atoms with Gasteiger partial charge in [-0.25, -0.2) is 0 Å². The molecule has 0 spiro atoms. The van der Waals surface area contributed by atoms with E-state index < -0.39 is 0 Å². The molecule has 0 aliphatic carbocycles. The molecule has 110 valence electrons. The summed E-state index contributed by atoms with van der Waals surface area (Å²) in [6, 6.07) is 13.2. The Labute approximate surface area is 140 Å². The van der Waals surface area contributed by atoms with Crippen molar-refractivity contribution in [1.29, 1.82) is 0 Å². The number of nitro groups is 1. The molecule has 0 amide bonds. The van der Waals surface area contributed by atoms with Gasteiger partial charge in [0.2, 0.25) is 0 Å². The van der Waals surface area contributed by atoms with E-state index >= 15 is 0 Å². The first-order chi connectivity index (χ1) is 9.95. The van der Waals surface area contributed by atoms with E-state index in [1.54, 1.807) is 6.07 Å². The zero-order valence-corrected chi connectivity index (χ0v) is 14.5. The smallest absolute Gasteiger partial charge is 0.270 e. The minimum atomic E-state index is -0.383. The molecule has 6 heteroatoms. The van der Waals surface area contributed by atoms with Crippen molar-refractivity contribution in [2.24, 2.45) is 0 Å². The summed E-state index contributed by atoms with van der Waals surface area (Å²) in [5, 5.41) is 14.2. The van der Waals surface area contributed by atoms with Crippen LogP contribution >= 0.6 is 31.9 Å². The summed E-state index contributed by atoms with van der Waals surface area (Å²) in [6.07, 6.45) is 0. The summed E-state index contributed by atoms with van der Waals surface area (Å²) in [4.78, 5) is 10.5. The van der Waals surface area contributed by atoms with E-state index in [9.17, 15) is 10.1 Å². The van der Waals surface area contributed by atoms with Crippen molar-refractivity contribution < 1.29 is 4.92 Å². The van der Waals surface area contributed by atoms with Gasteiger partial charge in [-0.15, -0.1) is 0 Å². The van der Waals surface area contributed by atoms with Crippen LogP contribution in [0, 0.1) is 10.1 Å². The number of nitrogens with zero attached hydrogens (tertiary/aromatic N) is 1. The highest BCUT2D eigenvalue weighted by Crippen LogP contribution is 2.22. The maximum Gasteiger partial charge on any atom is 0.270 e. The molecule has 2 aromatic carbocycles. The normalized spacial score (nSPS) is 12.1. The van der Waals surface area contributed by atoms with Crippen molar-refractivity contribution in [1.82, 2.24) is 5.32 Å². The van der Waals surface area contributed by atoms with Gasteiger partial charge in [-0.3, -0.25) is 10.1 Å². The second-order valence-electron chi connectivity index (χ2n) is 4.73. The number of hydrogen-bond acceptors (Lipinski definition) is 3. The van der Waals surface area contributed by atoms with E-state index in [0.29, 0.717) is 11.0 Å². The summed E-state index contributed by atoms with van der Waals surface area (Å²) in [7, 11) is 0. The van der Waals surface area contributed by atoms with Crippen LogP contribution in [0.4, 0.5) is 5.69 Å². The summed E-state index contributed by atoms with van der Waals surface area (Å²) in [5.74, 6) is 0. The zero-order valence-electron chi connectivity index (χ0n) is 11.3. The molecule has 0 saturated carbocycles. The van der Waals surface area contributed by atoms with Gasteiger partial charge in [-0.2, -0.15) is 0 Å². The fourth-order valence-electron chi connectivity index (χ4n) is 2.01. The summed E-state index contributed by atoms with van der Waals surface area (Å²) >= 11 is 6.76. The average Bonchev–Trinajstić information content (AvgIpc) is 2.44. The van der Waals surface area contributed by atoms with Gasteiger partial charge in [0.25, 0.3) is 5.69 Å². The molecule has 0 heterocycles. The lowest BCUT2D eigenvalue weighted by Gasteiger charge is -2.14. The van der Waals surface area contributed by atoms with Crippen molar-refractivity contribution in [3.05, 3.63) is 72.7 Å². The van der Waals surface area contributed by atoms with Crippen LogP contribution in [0.3, 0.4) is 0 Å². The molecular weight excluding hydrogens is 400 g/mol. The number of nitro benzene ring substituents is 1. The number of rotatable bonds is 5. The van der Waals surface area contributed by atoms with E-state index in [1.807, 2.05) is 24.3 Å². The van der Waals surface area contributed by atoms with Gasteiger partial charge in [0.05, 0.1) is 4.92 Å². The largest absolute Gasteiger partial charge is 0.306 e. The number of halogens is 2. The van der Waals surface area contributed by atoms with Crippen molar-refractivity contribution in [3.63, 3.8) is 0 Å². The van der Waals surface area contributed by atoms with E-state index in [-0.39, 0.29) is 16.7 Å². The van der Waals surface area contributed by atoms with Gasteiger partial charge in [-0.1, -0.05) is 44.0 Å². The molecule has 21 heavy (non-hydrogen) atoms. The van der Waals surface area contributed by atoms with E-state index in [1.165, 1.54) is 6.07 Å². The Balaban J connectivity index is 2.07. The van der Waals surface area contributed by atoms with Gasteiger partial charge >= 0.3 is 0 Å². The molecule has 2 rings (SSSR count). The highest BCUT2D eigenvalue weighted by molar-refractivity contribution is 9.10. The standard InChI is InChI=1S/C15H14Br2N2O2/c1-10(12-3-2-4-13(16)7-12)18-9-11-5-14(17)8-15(6-11)19(20)21/h2-8,10,18H,9H2,1H3. The maximum absolute atomic E-state index is 10.9. The first-order valence-electron chi connectivity index (χ1n) is 6.38. The van der Waals surface area contributed by atoms with Crippen LogP contribution in [0.5, 0.6) is 0 Å². The van der Waals surface area contributed by atoms with Crippen LogP contribution in [0.15, 0.2) is 51.4 Å². The predicted octanol–water partition coefficient (Wildman–Crippen LogP) is 4.97. The topological polar surface area (TPSA) is 55.2 Å². The van der Waals surface area contributed by atoms with Crippen LogP contribution < -0.4 is 5.32 Å². The Morgan fingerprint density at radius 2 is 1.95 bits per heavy atom. The van der Waals surface area contributed by atoms with Gasteiger partial charge in [-0.05, 0) is 36.2 Å². The van der Waals surface area contributed by atoms with Crippen LogP contribution in [-0.4, -0.2) is 4.92 Å². The highest BCUT2D eigenvalue weighted by atomic mass is 79.9. The molecule has 0 bridgehead atoms. The molecule has 1 atom stereocenters. The fourth-order valence-corrected chi connectivity index (χ4v) is 2.95. The minimum absolute atomic E-state index is 0.0938. The third kappa shape index (κ3) is 4.62. The Hall–Kier alpha value is -1.24. The molecule has 0 saturated heterocycles. The molecule has 0 radical (unpaired) electrons. The molecular formula is C15H14Br2N2O2. The highest BCUT2D eigenvalue weighted by Gasteiger charge is 2.10. The lowest BCUT2D eigenvalue weighted by molar-refractivity contribution is -0.385. The summed E-state index contributed by atoms with van der Waals surface area (Å²) in [6.45, 7) is 2.63. The molecule has 4 nitrogen and oxygen atoms in total. The average molecular weight is 414 g/mol. The third-order valence-corrected chi connectivity index (χ3v) is 4.07. The van der Waals surface area contributed by atoms with Gasteiger partial charge in [0.15, 0.2) is 0 Å². The summed E-state index contributed by atoms with van der Waals surface area (Å²) in [5.41, 5.74) is 2.13. The number of nitrogens with one attached hydrogen (secondary N) is 1. The van der Waals surface area contributed by atoms with Crippen molar-refractivity contribution in [2.75, 3.05) is 0 Å². The van der Waals surface area contributed by atoms with E-state index in [0.717, 1.165) is 15.6 Å². The Morgan fingerprint density at radius 1 is 1.19 bits per heavy atom. The molecule has 0 aromatic heterocycles. The van der Waals surface area contributed by atoms with E-state index in [4.69, 9.17) is 0 Å². The van der Waals surface area contributed by atoms with Crippen molar-refractivity contribution >= 4 is 37.5 Å². The first-order valence-corrected chi connectivity index (χ1v) is 7.97. The molecule has 0 aliphatic rings. The predicted molar refractivity (Wildman–Crippen MR) is 90.2 cm³/mol. The third-order valence-electron chi connectivity index (χ3n) is 3.11. The fraction of sp³-hybridized carbons (Fsp3) is 0.200. The van der Waals surface area contributed by atoms with Crippen molar-refractivity contribution in [3.8, 4) is 0 Å². The second-order valence-corrected chi connectivity index (χ2v) is 6.56. The maximum atomic E-state index is 10.9. The number of hydrogen-bond donors (Lipinski definition) is 1. The SMILES string of the molecule is CC(NCc1cc(Br)cc([N+](=O)[O-])c1)c1cccc(Br)c1. The molecule has 0 aliphatic heterocycles. The minimum Gasteiger partial charge on any atom is -0.306 e. The zero-order chi connectivity index (χ0) is 15.4. The molecule has 1 N–H and O–H groups in total. The van der Waals surface area contributed by atoms with Gasteiger partial charge in [0.1, 0.15) is 0 Å². The lowest BCUT2D eigenvalue weighted by Crippen LogP contribution is -2.18. The monoisotopic (exact) mass is 412 g/mol. The van der Waals surface area contributed by atoms with E-state index in [2.05, 4.69) is 50.2 Å². The van der Waals surface area contributed by atoms with Gasteiger partial charge < -0.3 is 5.32 Å². The summed E-state index contributed by atoms with van der Waals surface area (Å²) < 4.78 is 1.75. The molecule has 1 unspecified atom stereocenters. The molecule has 0 fully saturated rings. The quantitative estimate of drug-likeness (QED) is 0.556. The van der Waals surface area contributed by atoms with Crippen LogP contribution in [0.25, 0.3) is 0 Å². The molecule has 2 aromatic rings.